The lowest BCUT2D eigenvalue weighted by Crippen LogP contribution is -2.27. The summed E-state index contributed by atoms with van der Waals surface area (Å²) >= 11 is 0. The lowest BCUT2D eigenvalue weighted by atomic mass is 10.1. The average Bonchev–Trinajstić information content (AvgIpc) is 3.21. The first-order valence-electron chi connectivity index (χ1n) is 8.62. The summed E-state index contributed by atoms with van der Waals surface area (Å²) in [7, 11) is 3.11. The van der Waals surface area contributed by atoms with E-state index in [1.165, 1.54) is 7.11 Å². The van der Waals surface area contributed by atoms with Gasteiger partial charge in [-0.05, 0) is 18.9 Å². The van der Waals surface area contributed by atoms with Crippen molar-refractivity contribution in [1.82, 2.24) is 20.3 Å². The number of hydrogen-bond acceptors (Lipinski definition) is 7. The molecule has 1 saturated heterocycles. The molecule has 2 heterocycles. The van der Waals surface area contributed by atoms with E-state index in [9.17, 15) is 4.79 Å². The Labute approximate surface area is 152 Å². The van der Waals surface area contributed by atoms with Gasteiger partial charge in [-0.1, -0.05) is 18.2 Å². The number of methoxy groups -OCH3 is 2. The first-order chi connectivity index (χ1) is 12.7. The molecule has 8 nitrogen and oxygen atoms in total. The Morgan fingerprint density at radius 1 is 1.12 bits per heavy atom. The predicted molar refractivity (Wildman–Crippen MR) is 96.4 cm³/mol. The van der Waals surface area contributed by atoms with Gasteiger partial charge in [0.25, 0.3) is 0 Å². The molecule has 0 radical (unpaired) electrons. The van der Waals surface area contributed by atoms with Crippen molar-refractivity contribution in [3.8, 4) is 11.8 Å². The average molecular weight is 357 g/mol. The predicted octanol–water partition coefficient (Wildman–Crippen LogP) is 1.35. The Kier molecular flexibility index (Phi) is 5.83. The molecule has 3 rings (SSSR count). The van der Waals surface area contributed by atoms with E-state index in [0.29, 0.717) is 17.5 Å². The third kappa shape index (κ3) is 4.38. The molecule has 1 aromatic heterocycles. The fourth-order valence-corrected chi connectivity index (χ4v) is 2.88. The summed E-state index contributed by atoms with van der Waals surface area (Å²) in [6.07, 6.45) is 2.48. The molecule has 0 atom stereocenters. The molecule has 8 heteroatoms. The number of ether oxygens (including phenoxy) is 2. The standard InChI is InChI=1S/C18H23N5O3/c1-25-14-8-4-3-7-13(14)11-16(24)19-12-15-20-17(22-18(21-15)26-2)23-9-5-6-10-23/h3-4,7-8H,5-6,9-12H2,1-2H3,(H,19,24). The number of aromatic nitrogens is 3. The van der Waals surface area contributed by atoms with Crippen molar-refractivity contribution in [1.29, 1.82) is 0 Å². The van der Waals surface area contributed by atoms with Gasteiger partial charge in [-0.15, -0.1) is 0 Å². The van der Waals surface area contributed by atoms with Crippen molar-refractivity contribution in [2.24, 2.45) is 0 Å². The smallest absolute Gasteiger partial charge is 0.321 e. The number of benzene rings is 1. The Hall–Kier alpha value is -2.90. The van der Waals surface area contributed by atoms with E-state index in [-0.39, 0.29) is 24.9 Å². The first kappa shape index (κ1) is 17.9. The fourth-order valence-electron chi connectivity index (χ4n) is 2.88. The second-order valence-electron chi connectivity index (χ2n) is 6.00. The summed E-state index contributed by atoms with van der Waals surface area (Å²) in [6, 6.07) is 7.72. The molecule has 1 aliphatic rings. The van der Waals surface area contributed by atoms with Crippen LogP contribution in [-0.4, -0.2) is 48.2 Å². The third-order valence-electron chi connectivity index (χ3n) is 4.21. The van der Waals surface area contributed by atoms with Gasteiger partial charge in [0.05, 0.1) is 27.2 Å². The van der Waals surface area contributed by atoms with Gasteiger partial charge in [-0.25, -0.2) is 0 Å². The second kappa shape index (κ2) is 8.46. The SMILES string of the molecule is COc1nc(CNC(=O)Cc2ccccc2OC)nc(N2CCCC2)n1. The molecule has 0 saturated carbocycles. The lowest BCUT2D eigenvalue weighted by molar-refractivity contribution is -0.120. The molecule has 138 valence electrons. The quantitative estimate of drug-likeness (QED) is 0.800. The maximum atomic E-state index is 12.3. The second-order valence-corrected chi connectivity index (χ2v) is 6.00. The van der Waals surface area contributed by atoms with Gasteiger partial charge >= 0.3 is 6.01 Å². The van der Waals surface area contributed by atoms with Gasteiger partial charge in [0.1, 0.15) is 5.75 Å². The molecular weight excluding hydrogens is 334 g/mol. The number of rotatable bonds is 7. The Morgan fingerprint density at radius 3 is 2.62 bits per heavy atom. The first-order valence-corrected chi connectivity index (χ1v) is 8.62. The molecule has 1 fully saturated rings. The highest BCUT2D eigenvalue weighted by atomic mass is 16.5. The highest BCUT2D eigenvalue weighted by molar-refractivity contribution is 5.79. The zero-order valence-corrected chi connectivity index (χ0v) is 15.1. The van der Waals surface area contributed by atoms with Crippen molar-refractivity contribution < 1.29 is 14.3 Å². The Bertz CT molecular complexity index is 762. The molecule has 26 heavy (non-hydrogen) atoms. The molecule has 1 aliphatic heterocycles. The number of hydrogen-bond donors (Lipinski definition) is 1. The van der Waals surface area contributed by atoms with Crippen molar-refractivity contribution in [2.75, 3.05) is 32.2 Å². The molecule has 0 bridgehead atoms. The number of nitrogens with one attached hydrogen (secondary N) is 1. The molecule has 1 aromatic carbocycles. The third-order valence-corrected chi connectivity index (χ3v) is 4.21. The fraction of sp³-hybridized carbons (Fsp3) is 0.444. The number of nitrogens with zero attached hydrogens (tertiary/aromatic N) is 4. The van der Waals surface area contributed by atoms with Gasteiger partial charge < -0.3 is 19.7 Å². The van der Waals surface area contributed by atoms with Crippen LogP contribution in [0.5, 0.6) is 11.8 Å². The van der Waals surface area contributed by atoms with E-state index in [0.717, 1.165) is 31.5 Å². The van der Waals surface area contributed by atoms with E-state index < -0.39 is 0 Å². The number of anilines is 1. The van der Waals surface area contributed by atoms with Crippen LogP contribution in [0.2, 0.25) is 0 Å². The highest BCUT2D eigenvalue weighted by Gasteiger charge is 2.18. The van der Waals surface area contributed by atoms with Crippen molar-refractivity contribution >= 4 is 11.9 Å². The number of para-hydroxylation sites is 1. The van der Waals surface area contributed by atoms with Crippen LogP contribution in [0.3, 0.4) is 0 Å². The zero-order chi connectivity index (χ0) is 18.4. The van der Waals surface area contributed by atoms with Gasteiger partial charge in [0, 0.05) is 18.7 Å². The minimum Gasteiger partial charge on any atom is -0.496 e. The molecule has 1 N–H and O–H groups in total. The summed E-state index contributed by atoms with van der Waals surface area (Å²) in [4.78, 5) is 27.4. The van der Waals surface area contributed by atoms with Gasteiger partial charge in [0.2, 0.25) is 11.9 Å². The zero-order valence-electron chi connectivity index (χ0n) is 15.1. The van der Waals surface area contributed by atoms with Crippen LogP contribution < -0.4 is 19.7 Å². The highest BCUT2D eigenvalue weighted by Crippen LogP contribution is 2.19. The van der Waals surface area contributed by atoms with Crippen LogP contribution >= 0.6 is 0 Å². The Balaban J connectivity index is 1.64. The van der Waals surface area contributed by atoms with Crippen LogP contribution in [0.4, 0.5) is 5.95 Å². The largest absolute Gasteiger partial charge is 0.496 e. The topological polar surface area (TPSA) is 89.5 Å². The van der Waals surface area contributed by atoms with Crippen LogP contribution in [0.1, 0.15) is 24.2 Å². The number of carbonyl (C=O) groups is 1. The monoisotopic (exact) mass is 357 g/mol. The summed E-state index contributed by atoms with van der Waals surface area (Å²) in [5.74, 6) is 1.65. The summed E-state index contributed by atoms with van der Waals surface area (Å²) in [6.45, 7) is 2.06. The number of amides is 1. The van der Waals surface area contributed by atoms with Crippen LogP contribution in [0, 0.1) is 0 Å². The van der Waals surface area contributed by atoms with Gasteiger partial charge in [-0.2, -0.15) is 15.0 Å². The molecule has 0 aliphatic carbocycles. The maximum absolute atomic E-state index is 12.3. The minimum atomic E-state index is -0.128. The van der Waals surface area contributed by atoms with Crippen molar-refractivity contribution in [2.45, 2.75) is 25.8 Å². The molecular formula is C18H23N5O3. The van der Waals surface area contributed by atoms with Crippen LogP contribution in [-0.2, 0) is 17.8 Å². The van der Waals surface area contributed by atoms with E-state index in [2.05, 4.69) is 25.2 Å². The van der Waals surface area contributed by atoms with Crippen molar-refractivity contribution in [3.63, 3.8) is 0 Å². The van der Waals surface area contributed by atoms with Gasteiger partial charge in [-0.3, -0.25) is 4.79 Å². The maximum Gasteiger partial charge on any atom is 0.321 e. The van der Waals surface area contributed by atoms with E-state index >= 15 is 0 Å². The lowest BCUT2D eigenvalue weighted by Gasteiger charge is -2.16. The molecule has 2 aromatic rings. The minimum absolute atomic E-state index is 0.128. The summed E-state index contributed by atoms with van der Waals surface area (Å²) in [5, 5.41) is 2.85. The molecule has 0 spiro atoms. The number of carbonyl (C=O) groups excluding carboxylic acids is 1. The van der Waals surface area contributed by atoms with Crippen LogP contribution in [0.15, 0.2) is 24.3 Å². The normalized spacial score (nSPS) is 13.5. The molecule has 0 unspecified atom stereocenters. The summed E-state index contributed by atoms with van der Waals surface area (Å²) < 4.78 is 10.4. The summed E-state index contributed by atoms with van der Waals surface area (Å²) in [5.41, 5.74) is 0.832. The van der Waals surface area contributed by atoms with Crippen LogP contribution in [0.25, 0.3) is 0 Å². The molecule has 1 amide bonds. The van der Waals surface area contributed by atoms with E-state index in [4.69, 9.17) is 9.47 Å². The van der Waals surface area contributed by atoms with Crippen molar-refractivity contribution in [3.05, 3.63) is 35.7 Å². The Morgan fingerprint density at radius 2 is 1.88 bits per heavy atom. The van der Waals surface area contributed by atoms with E-state index in [1.807, 2.05) is 24.3 Å². The van der Waals surface area contributed by atoms with E-state index in [1.54, 1.807) is 7.11 Å². The van der Waals surface area contributed by atoms with Gasteiger partial charge in [0.15, 0.2) is 5.82 Å².